The number of carbonyl (C=O) groups is 2. The molecule has 1 aromatic rings. The first kappa shape index (κ1) is 12.5. The minimum Gasteiger partial charge on any atom is -0.478 e. The van der Waals surface area contributed by atoms with E-state index in [-0.39, 0.29) is 23.7 Å². The molecule has 6 heteroatoms. The summed E-state index contributed by atoms with van der Waals surface area (Å²) in [5.74, 6) is -2.27. The molecule has 0 radical (unpaired) electrons. The van der Waals surface area contributed by atoms with Gasteiger partial charge in [0.2, 0.25) is 0 Å². The van der Waals surface area contributed by atoms with E-state index in [1.54, 1.807) is 6.07 Å². The molecule has 1 aromatic carbocycles. The Labute approximate surface area is 96.8 Å². The third kappa shape index (κ3) is 2.95. The lowest BCUT2D eigenvalue weighted by Gasteiger charge is -2.07. The van der Waals surface area contributed by atoms with Crippen LogP contribution in [-0.4, -0.2) is 22.9 Å². The summed E-state index contributed by atoms with van der Waals surface area (Å²) in [6, 6.07) is 4.30. The summed E-state index contributed by atoms with van der Waals surface area (Å²) < 4.78 is 4.79. The molecule has 16 heavy (non-hydrogen) atoms. The maximum atomic E-state index is 11.0. The Morgan fingerprint density at radius 2 is 2.12 bits per heavy atom. The van der Waals surface area contributed by atoms with Gasteiger partial charge in [0.1, 0.15) is 17.2 Å². The van der Waals surface area contributed by atoms with E-state index in [1.165, 1.54) is 12.1 Å². The molecule has 3 N–H and O–H groups in total. The van der Waals surface area contributed by atoms with Crippen molar-refractivity contribution in [3.63, 3.8) is 0 Å². The maximum Gasteiger partial charge on any atom is 0.339 e. The fraction of sp³-hybridized carbons (Fsp3) is 0.200. The van der Waals surface area contributed by atoms with Crippen LogP contribution >= 0.6 is 11.6 Å². The smallest absolute Gasteiger partial charge is 0.339 e. The third-order valence-corrected chi connectivity index (χ3v) is 2.06. The number of alkyl halides is 1. The van der Waals surface area contributed by atoms with Gasteiger partial charge in [-0.2, -0.15) is 0 Å². The Bertz CT molecular complexity index is 419. The molecular formula is C10H10ClNO4. The normalized spacial score (nSPS) is 9.88. The van der Waals surface area contributed by atoms with Crippen molar-refractivity contribution < 1.29 is 19.4 Å². The minimum atomic E-state index is -1.18. The summed E-state index contributed by atoms with van der Waals surface area (Å²) in [4.78, 5) is 21.8. The molecule has 0 atom stereocenters. The van der Waals surface area contributed by atoms with E-state index in [1.807, 2.05) is 0 Å². The minimum absolute atomic E-state index is 0.0406. The van der Waals surface area contributed by atoms with Crippen LogP contribution in [0.25, 0.3) is 0 Å². The number of hydrogen-bond acceptors (Lipinski definition) is 4. The molecule has 0 saturated heterocycles. The Morgan fingerprint density at radius 1 is 1.44 bits per heavy atom. The highest BCUT2D eigenvalue weighted by molar-refractivity contribution is 6.26. The first-order valence-electron chi connectivity index (χ1n) is 4.41. The Morgan fingerprint density at radius 3 is 2.62 bits per heavy atom. The summed E-state index contributed by atoms with van der Waals surface area (Å²) in [7, 11) is 0. The van der Waals surface area contributed by atoms with Gasteiger partial charge in [-0.15, -0.1) is 11.6 Å². The van der Waals surface area contributed by atoms with Crippen LogP contribution in [-0.2, 0) is 11.3 Å². The number of esters is 1. The number of carbonyl (C=O) groups excluding carboxylic acids is 1. The van der Waals surface area contributed by atoms with Gasteiger partial charge in [-0.1, -0.05) is 6.07 Å². The van der Waals surface area contributed by atoms with E-state index in [2.05, 4.69) is 0 Å². The number of carboxylic acids is 1. The molecule has 0 spiro atoms. The van der Waals surface area contributed by atoms with Crippen molar-refractivity contribution in [1.82, 2.24) is 0 Å². The van der Waals surface area contributed by atoms with Gasteiger partial charge in [0, 0.05) is 6.54 Å². The van der Waals surface area contributed by atoms with E-state index >= 15 is 0 Å². The van der Waals surface area contributed by atoms with Gasteiger partial charge in [0.05, 0.1) is 0 Å². The van der Waals surface area contributed by atoms with Gasteiger partial charge >= 0.3 is 11.9 Å². The van der Waals surface area contributed by atoms with Crippen molar-refractivity contribution in [2.24, 2.45) is 5.73 Å². The van der Waals surface area contributed by atoms with Crippen LogP contribution in [0.1, 0.15) is 15.9 Å². The van der Waals surface area contributed by atoms with Crippen LogP contribution in [0.2, 0.25) is 0 Å². The molecule has 86 valence electrons. The summed E-state index contributed by atoms with van der Waals surface area (Å²) in [6.07, 6.45) is 0. The Balaban J connectivity index is 3.10. The monoisotopic (exact) mass is 243 g/mol. The third-order valence-electron chi connectivity index (χ3n) is 1.85. The van der Waals surface area contributed by atoms with Gasteiger partial charge in [0.15, 0.2) is 0 Å². The Hall–Kier alpha value is -1.59. The first-order valence-corrected chi connectivity index (χ1v) is 4.95. The van der Waals surface area contributed by atoms with Crippen LogP contribution in [0, 0.1) is 0 Å². The lowest BCUT2D eigenvalue weighted by molar-refractivity contribution is -0.131. The molecular weight excluding hydrogens is 234 g/mol. The van der Waals surface area contributed by atoms with E-state index in [9.17, 15) is 9.59 Å². The SMILES string of the molecule is NCc1ccc(C(=O)O)c(OC(=O)CCl)c1. The molecule has 1 rings (SSSR count). The number of rotatable bonds is 4. The summed E-state index contributed by atoms with van der Waals surface area (Å²) in [6.45, 7) is 0.228. The number of ether oxygens (including phenoxy) is 1. The molecule has 0 saturated carbocycles. The van der Waals surface area contributed by atoms with Crippen LogP contribution in [0.3, 0.4) is 0 Å². The summed E-state index contributed by atoms with van der Waals surface area (Å²) >= 11 is 5.26. The van der Waals surface area contributed by atoms with Crippen molar-refractivity contribution in [1.29, 1.82) is 0 Å². The second kappa shape index (κ2) is 5.48. The molecule has 0 amide bonds. The molecule has 0 heterocycles. The van der Waals surface area contributed by atoms with E-state index in [4.69, 9.17) is 27.2 Å². The van der Waals surface area contributed by atoms with Crippen LogP contribution in [0.4, 0.5) is 0 Å². The zero-order chi connectivity index (χ0) is 12.1. The average Bonchev–Trinajstić information content (AvgIpc) is 2.28. The predicted octanol–water partition coefficient (Wildman–Crippen LogP) is 0.988. The van der Waals surface area contributed by atoms with Crippen molar-refractivity contribution in [2.75, 3.05) is 5.88 Å². The molecule has 0 aliphatic rings. The zero-order valence-corrected chi connectivity index (χ0v) is 9.03. The second-order valence-corrected chi connectivity index (χ2v) is 3.21. The molecule has 0 fully saturated rings. The lowest BCUT2D eigenvalue weighted by atomic mass is 10.1. The fourth-order valence-corrected chi connectivity index (χ4v) is 1.16. The highest BCUT2D eigenvalue weighted by atomic mass is 35.5. The van der Waals surface area contributed by atoms with Gasteiger partial charge < -0.3 is 15.6 Å². The zero-order valence-electron chi connectivity index (χ0n) is 8.27. The first-order chi connectivity index (χ1) is 7.58. The van der Waals surface area contributed by atoms with Gasteiger partial charge in [-0.05, 0) is 17.7 Å². The van der Waals surface area contributed by atoms with Gasteiger partial charge in [-0.25, -0.2) is 4.79 Å². The van der Waals surface area contributed by atoms with Crippen LogP contribution in [0.15, 0.2) is 18.2 Å². The molecule has 0 bridgehead atoms. The van der Waals surface area contributed by atoms with Crippen molar-refractivity contribution in [3.05, 3.63) is 29.3 Å². The van der Waals surface area contributed by atoms with Gasteiger partial charge in [0.25, 0.3) is 0 Å². The quantitative estimate of drug-likeness (QED) is 0.468. The van der Waals surface area contributed by atoms with E-state index in [0.717, 1.165) is 0 Å². The number of benzene rings is 1. The molecule has 0 aromatic heterocycles. The fourth-order valence-electron chi connectivity index (χ4n) is 1.10. The average molecular weight is 244 g/mol. The predicted molar refractivity (Wildman–Crippen MR) is 57.6 cm³/mol. The standard InChI is InChI=1S/C10H10ClNO4/c11-4-9(13)16-8-3-6(5-12)1-2-7(8)10(14)15/h1-3H,4-5,12H2,(H,14,15). The van der Waals surface area contributed by atoms with Crippen LogP contribution < -0.4 is 10.5 Å². The molecule has 5 nitrogen and oxygen atoms in total. The number of aromatic carboxylic acids is 1. The van der Waals surface area contributed by atoms with E-state index < -0.39 is 11.9 Å². The molecule has 0 unspecified atom stereocenters. The topological polar surface area (TPSA) is 89.6 Å². The van der Waals surface area contributed by atoms with Gasteiger partial charge in [-0.3, -0.25) is 4.79 Å². The number of halogens is 1. The maximum absolute atomic E-state index is 11.0. The van der Waals surface area contributed by atoms with E-state index in [0.29, 0.717) is 5.56 Å². The van der Waals surface area contributed by atoms with Crippen LogP contribution in [0.5, 0.6) is 5.75 Å². The summed E-state index contributed by atoms with van der Waals surface area (Å²) in [5.41, 5.74) is 5.96. The Kier molecular flexibility index (Phi) is 4.28. The molecule has 0 aliphatic heterocycles. The van der Waals surface area contributed by atoms with Crippen molar-refractivity contribution in [2.45, 2.75) is 6.54 Å². The largest absolute Gasteiger partial charge is 0.478 e. The van der Waals surface area contributed by atoms with Crippen molar-refractivity contribution in [3.8, 4) is 5.75 Å². The highest BCUT2D eigenvalue weighted by Crippen LogP contribution is 2.20. The lowest BCUT2D eigenvalue weighted by Crippen LogP contribution is -2.12. The number of hydrogen-bond donors (Lipinski definition) is 2. The highest BCUT2D eigenvalue weighted by Gasteiger charge is 2.14. The molecule has 0 aliphatic carbocycles. The second-order valence-electron chi connectivity index (χ2n) is 2.95. The van der Waals surface area contributed by atoms with Crippen molar-refractivity contribution >= 4 is 23.5 Å². The number of nitrogens with two attached hydrogens (primary N) is 1. The number of carboxylic acid groups (broad SMARTS) is 1. The summed E-state index contributed by atoms with van der Waals surface area (Å²) in [5, 5.41) is 8.86.